The van der Waals surface area contributed by atoms with Gasteiger partial charge in [0.15, 0.2) is 0 Å². The monoisotopic (exact) mass is 198 g/mol. The number of hydrogen-bond donors (Lipinski definition) is 2. The predicted molar refractivity (Wildman–Crippen MR) is 48.7 cm³/mol. The molecule has 0 radical (unpaired) electrons. The molecule has 0 spiro atoms. The minimum Gasteiger partial charge on any atom is -0.366 e. The van der Waals surface area contributed by atoms with E-state index in [1.807, 2.05) is 0 Å². The van der Waals surface area contributed by atoms with Gasteiger partial charge in [-0.1, -0.05) is 16.8 Å². The van der Waals surface area contributed by atoms with E-state index < -0.39 is 5.91 Å². The molecular formula is C7H7ClN4O. The van der Waals surface area contributed by atoms with E-state index in [1.54, 1.807) is 6.07 Å². The molecule has 5 nitrogen and oxygen atoms in total. The minimum atomic E-state index is -0.582. The van der Waals surface area contributed by atoms with Crippen molar-refractivity contribution in [2.24, 2.45) is 21.9 Å². The Labute approximate surface area is 79.4 Å². The number of rotatable bonds is 2. The number of halogens is 1. The molecule has 1 aromatic carbocycles. The lowest BCUT2D eigenvalue weighted by atomic mass is 10.2. The molecule has 0 saturated heterocycles. The lowest BCUT2D eigenvalue weighted by Gasteiger charge is -1.98. The standard InChI is InChI=1S/C7H7ClN4O/c8-6-3-4(11-12-10)1-2-5(6)7(9)13/h1-3H,(H2,9,13)(H2,10,11). The van der Waals surface area contributed by atoms with Crippen LogP contribution < -0.4 is 11.6 Å². The maximum atomic E-state index is 10.7. The minimum absolute atomic E-state index is 0.234. The SMILES string of the molecule is NN=Nc1ccc(C(N)=O)c(Cl)c1. The molecule has 1 rings (SSSR count). The van der Waals surface area contributed by atoms with E-state index in [2.05, 4.69) is 10.3 Å². The zero-order chi connectivity index (χ0) is 9.84. The van der Waals surface area contributed by atoms with Gasteiger partial charge >= 0.3 is 0 Å². The van der Waals surface area contributed by atoms with Crippen LogP contribution in [0.25, 0.3) is 0 Å². The largest absolute Gasteiger partial charge is 0.366 e. The van der Waals surface area contributed by atoms with E-state index in [-0.39, 0.29) is 10.6 Å². The Hall–Kier alpha value is -1.62. The second-order valence-corrected chi connectivity index (χ2v) is 2.65. The van der Waals surface area contributed by atoms with E-state index >= 15 is 0 Å². The van der Waals surface area contributed by atoms with Gasteiger partial charge in [0.25, 0.3) is 0 Å². The first-order chi connectivity index (χ1) is 6.15. The maximum absolute atomic E-state index is 10.7. The highest BCUT2D eigenvalue weighted by molar-refractivity contribution is 6.34. The van der Waals surface area contributed by atoms with Crippen molar-refractivity contribution in [2.75, 3.05) is 0 Å². The molecule has 0 bridgehead atoms. The Kier molecular flexibility index (Phi) is 2.81. The fraction of sp³-hybridized carbons (Fsp3) is 0. The van der Waals surface area contributed by atoms with Gasteiger partial charge in [-0.15, -0.1) is 5.11 Å². The van der Waals surface area contributed by atoms with Gasteiger partial charge in [0.05, 0.1) is 16.3 Å². The summed E-state index contributed by atoms with van der Waals surface area (Å²) in [6.45, 7) is 0. The van der Waals surface area contributed by atoms with Crippen LogP contribution >= 0.6 is 11.6 Å². The van der Waals surface area contributed by atoms with E-state index in [0.717, 1.165) is 0 Å². The summed E-state index contributed by atoms with van der Waals surface area (Å²) in [5.41, 5.74) is 5.75. The molecule has 0 aliphatic heterocycles. The number of carbonyl (C=O) groups is 1. The van der Waals surface area contributed by atoms with Crippen LogP contribution in [0, 0.1) is 0 Å². The third-order valence-electron chi connectivity index (χ3n) is 1.39. The van der Waals surface area contributed by atoms with Crippen LogP contribution in [0.2, 0.25) is 5.02 Å². The van der Waals surface area contributed by atoms with Crippen molar-refractivity contribution in [1.29, 1.82) is 0 Å². The lowest BCUT2D eigenvalue weighted by Crippen LogP contribution is -2.11. The van der Waals surface area contributed by atoms with Crippen LogP contribution in [0.1, 0.15) is 10.4 Å². The number of amides is 1. The fourth-order valence-electron chi connectivity index (χ4n) is 0.833. The molecule has 4 N–H and O–H groups in total. The smallest absolute Gasteiger partial charge is 0.250 e. The van der Waals surface area contributed by atoms with E-state index in [1.165, 1.54) is 12.1 Å². The van der Waals surface area contributed by atoms with Gasteiger partial charge in [-0.3, -0.25) is 4.79 Å². The highest BCUT2D eigenvalue weighted by atomic mass is 35.5. The summed E-state index contributed by atoms with van der Waals surface area (Å²) in [5, 5.41) is 6.84. The van der Waals surface area contributed by atoms with E-state index in [0.29, 0.717) is 5.69 Å². The summed E-state index contributed by atoms with van der Waals surface area (Å²) < 4.78 is 0. The number of carbonyl (C=O) groups excluding carboxylic acids is 1. The Morgan fingerprint density at radius 3 is 2.62 bits per heavy atom. The third kappa shape index (κ3) is 2.16. The van der Waals surface area contributed by atoms with Crippen LogP contribution in [0.5, 0.6) is 0 Å². The van der Waals surface area contributed by atoms with Gasteiger partial charge in [-0.05, 0) is 18.2 Å². The molecule has 1 amide bonds. The average molecular weight is 199 g/mol. The first-order valence-electron chi connectivity index (χ1n) is 3.35. The second kappa shape index (κ2) is 3.86. The molecule has 13 heavy (non-hydrogen) atoms. The van der Waals surface area contributed by atoms with Gasteiger partial charge in [-0.25, -0.2) is 0 Å². The van der Waals surface area contributed by atoms with E-state index in [4.69, 9.17) is 23.2 Å². The molecule has 0 aromatic heterocycles. The topological polar surface area (TPSA) is 93.8 Å². The van der Waals surface area contributed by atoms with Crippen molar-refractivity contribution in [1.82, 2.24) is 0 Å². The third-order valence-corrected chi connectivity index (χ3v) is 1.70. The highest BCUT2D eigenvalue weighted by Gasteiger charge is 2.06. The summed E-state index contributed by atoms with van der Waals surface area (Å²) in [6.07, 6.45) is 0. The molecule has 0 aliphatic rings. The van der Waals surface area contributed by atoms with Crippen molar-refractivity contribution in [2.45, 2.75) is 0 Å². The van der Waals surface area contributed by atoms with Crippen LogP contribution in [0.3, 0.4) is 0 Å². The summed E-state index contributed by atoms with van der Waals surface area (Å²) in [6, 6.07) is 4.47. The Balaban J connectivity index is 3.12. The Morgan fingerprint density at radius 2 is 2.15 bits per heavy atom. The van der Waals surface area contributed by atoms with Gasteiger partial charge in [0.2, 0.25) is 5.91 Å². The number of hydrogen-bond acceptors (Lipinski definition) is 3. The van der Waals surface area contributed by atoms with Crippen molar-refractivity contribution in [3.63, 3.8) is 0 Å². The molecule has 6 heteroatoms. The quantitative estimate of drug-likeness (QED) is 0.427. The number of nitrogens with two attached hydrogens (primary N) is 2. The zero-order valence-electron chi connectivity index (χ0n) is 6.57. The molecule has 0 aliphatic carbocycles. The predicted octanol–water partition coefficient (Wildman–Crippen LogP) is 1.40. The number of primary amides is 1. The molecule has 68 valence electrons. The van der Waals surface area contributed by atoms with Gasteiger partial charge in [0, 0.05) is 0 Å². The van der Waals surface area contributed by atoms with Crippen molar-refractivity contribution in [3.8, 4) is 0 Å². The first-order valence-corrected chi connectivity index (χ1v) is 3.73. The summed E-state index contributed by atoms with van der Waals surface area (Å²) >= 11 is 5.72. The summed E-state index contributed by atoms with van der Waals surface area (Å²) in [7, 11) is 0. The van der Waals surface area contributed by atoms with Crippen molar-refractivity contribution in [3.05, 3.63) is 28.8 Å². The van der Waals surface area contributed by atoms with Gasteiger partial charge < -0.3 is 11.6 Å². The van der Waals surface area contributed by atoms with Crippen LogP contribution in [0.15, 0.2) is 28.5 Å². The number of benzene rings is 1. The first kappa shape index (κ1) is 9.47. The zero-order valence-corrected chi connectivity index (χ0v) is 7.32. The van der Waals surface area contributed by atoms with Crippen molar-refractivity contribution >= 4 is 23.2 Å². The summed E-state index contributed by atoms with van der Waals surface area (Å²) in [5.74, 6) is 4.25. The van der Waals surface area contributed by atoms with Gasteiger partial charge in [0.1, 0.15) is 0 Å². The second-order valence-electron chi connectivity index (χ2n) is 2.24. The highest BCUT2D eigenvalue weighted by Crippen LogP contribution is 2.22. The molecule has 0 heterocycles. The fourth-order valence-corrected chi connectivity index (χ4v) is 1.10. The Bertz CT molecular complexity index is 364. The maximum Gasteiger partial charge on any atom is 0.250 e. The molecule has 0 unspecified atom stereocenters. The van der Waals surface area contributed by atoms with E-state index in [9.17, 15) is 4.79 Å². The van der Waals surface area contributed by atoms with Crippen molar-refractivity contribution < 1.29 is 4.79 Å². The molecule has 0 fully saturated rings. The molecular weight excluding hydrogens is 192 g/mol. The average Bonchev–Trinajstić information content (AvgIpc) is 2.04. The van der Waals surface area contributed by atoms with Crippen LogP contribution in [-0.4, -0.2) is 5.91 Å². The molecule has 1 aromatic rings. The van der Waals surface area contributed by atoms with Crippen LogP contribution in [-0.2, 0) is 0 Å². The Morgan fingerprint density at radius 1 is 1.46 bits per heavy atom. The summed E-state index contributed by atoms with van der Waals surface area (Å²) in [4.78, 5) is 10.7. The molecule has 0 atom stereocenters. The number of nitrogens with zero attached hydrogens (tertiary/aromatic N) is 2. The lowest BCUT2D eigenvalue weighted by molar-refractivity contribution is 0.100. The van der Waals surface area contributed by atoms with Crippen LogP contribution in [0.4, 0.5) is 5.69 Å². The normalized spacial score (nSPS) is 10.5. The molecule has 0 saturated carbocycles. The van der Waals surface area contributed by atoms with Gasteiger partial charge in [-0.2, -0.15) is 0 Å².